The molecule has 0 heterocycles. The zero-order valence-electron chi connectivity index (χ0n) is 20.0. The maximum Gasteiger partial charge on any atom is 0.188 e. The molecule has 0 atom stereocenters. The predicted molar refractivity (Wildman–Crippen MR) is 123 cm³/mol. The van der Waals surface area contributed by atoms with Crippen LogP contribution in [0.3, 0.4) is 0 Å². The molecule has 0 spiro atoms. The van der Waals surface area contributed by atoms with Crippen molar-refractivity contribution in [3.63, 3.8) is 0 Å². The van der Waals surface area contributed by atoms with Crippen LogP contribution in [0.5, 0.6) is 23.0 Å². The fraction of sp³-hybridized carbons (Fsp3) is 0.680. The smallest absolute Gasteiger partial charge is 0.188 e. The second-order valence-corrected chi connectivity index (χ2v) is 7.24. The van der Waals surface area contributed by atoms with Gasteiger partial charge < -0.3 is 28.4 Å². The van der Waals surface area contributed by atoms with Crippen molar-refractivity contribution in [1.82, 2.24) is 0 Å². The summed E-state index contributed by atoms with van der Waals surface area (Å²) in [6.45, 7) is 2.45. The van der Waals surface area contributed by atoms with Crippen molar-refractivity contribution in [2.24, 2.45) is 0 Å². The van der Waals surface area contributed by atoms with E-state index in [1.165, 1.54) is 32.1 Å². The van der Waals surface area contributed by atoms with Gasteiger partial charge in [-0.3, -0.25) is 0 Å². The van der Waals surface area contributed by atoms with E-state index >= 15 is 0 Å². The molecule has 6 nitrogen and oxygen atoms in total. The Morgan fingerprint density at radius 2 is 1.32 bits per heavy atom. The number of hydrogen-bond donors (Lipinski definition) is 0. The van der Waals surface area contributed by atoms with E-state index in [4.69, 9.17) is 28.4 Å². The van der Waals surface area contributed by atoms with Gasteiger partial charge in [0.15, 0.2) is 36.6 Å². The maximum absolute atomic E-state index is 5.83. The number of hydrogen-bond acceptors (Lipinski definition) is 6. The van der Waals surface area contributed by atoms with Crippen LogP contribution < -0.4 is 18.9 Å². The number of ether oxygens (including phenoxy) is 6. The summed E-state index contributed by atoms with van der Waals surface area (Å²) in [6, 6.07) is 1.76. The summed E-state index contributed by atoms with van der Waals surface area (Å²) in [4.78, 5) is 0. The topological polar surface area (TPSA) is 55.4 Å². The van der Waals surface area contributed by atoms with Crippen molar-refractivity contribution in [2.45, 2.75) is 71.1 Å². The Morgan fingerprint density at radius 1 is 0.677 bits per heavy atom. The standard InChI is InChI=1S/C25H40O6/c1-6-7-8-9-10-11-12-13-14-15-16-17-21-24(29-5)23(30-19-26-2)18-22(28-4)25(21)31-20-27-3/h18H,6-8,11-17,19-20H2,1-5H3. The molecular formula is C25H40O6. The van der Waals surface area contributed by atoms with Gasteiger partial charge in [-0.1, -0.05) is 32.6 Å². The van der Waals surface area contributed by atoms with Crippen LogP contribution in [0.25, 0.3) is 0 Å². The van der Waals surface area contributed by atoms with Gasteiger partial charge in [0.25, 0.3) is 0 Å². The van der Waals surface area contributed by atoms with E-state index in [0.717, 1.165) is 37.7 Å². The van der Waals surface area contributed by atoms with Crippen LogP contribution in [0, 0.1) is 11.8 Å². The number of methoxy groups -OCH3 is 4. The SMILES string of the molecule is CCCCC#CCCCCCCCc1c(OC)c(OCOC)cc(OC)c1OCOC. The van der Waals surface area contributed by atoms with Gasteiger partial charge in [-0.05, 0) is 25.7 Å². The summed E-state index contributed by atoms with van der Waals surface area (Å²) in [5.74, 6) is 8.97. The average Bonchev–Trinajstić information content (AvgIpc) is 2.79. The van der Waals surface area contributed by atoms with Crippen LogP contribution in [0.1, 0.15) is 70.3 Å². The quantitative estimate of drug-likeness (QED) is 0.176. The molecule has 0 saturated carbocycles. The Morgan fingerprint density at radius 3 is 1.97 bits per heavy atom. The Hall–Kier alpha value is -2.10. The lowest BCUT2D eigenvalue weighted by Gasteiger charge is -2.20. The second kappa shape index (κ2) is 17.6. The molecule has 0 amide bonds. The van der Waals surface area contributed by atoms with Crippen molar-refractivity contribution in [2.75, 3.05) is 42.0 Å². The summed E-state index contributed by atoms with van der Waals surface area (Å²) in [6.07, 6.45) is 10.9. The normalized spacial score (nSPS) is 10.4. The van der Waals surface area contributed by atoms with Gasteiger partial charge >= 0.3 is 0 Å². The third-order valence-corrected chi connectivity index (χ3v) is 4.84. The molecule has 6 heteroatoms. The Bertz CT molecular complexity index is 662. The molecule has 0 radical (unpaired) electrons. The van der Waals surface area contributed by atoms with Crippen molar-refractivity contribution in [1.29, 1.82) is 0 Å². The summed E-state index contributed by atoms with van der Waals surface area (Å²) < 4.78 is 32.9. The molecule has 0 aliphatic heterocycles. The third kappa shape index (κ3) is 10.2. The van der Waals surface area contributed by atoms with Crippen molar-refractivity contribution in [3.8, 4) is 34.8 Å². The lowest BCUT2D eigenvalue weighted by atomic mass is 10.0. The van der Waals surface area contributed by atoms with Crippen LogP contribution >= 0.6 is 0 Å². The van der Waals surface area contributed by atoms with E-state index in [1.54, 1.807) is 34.5 Å². The monoisotopic (exact) mass is 436 g/mol. The van der Waals surface area contributed by atoms with Gasteiger partial charge in [-0.25, -0.2) is 0 Å². The maximum atomic E-state index is 5.83. The van der Waals surface area contributed by atoms with Gasteiger partial charge in [0, 0.05) is 38.7 Å². The van der Waals surface area contributed by atoms with Gasteiger partial charge in [0.2, 0.25) is 0 Å². The third-order valence-electron chi connectivity index (χ3n) is 4.84. The van der Waals surface area contributed by atoms with Gasteiger partial charge in [0.05, 0.1) is 14.2 Å². The van der Waals surface area contributed by atoms with E-state index in [1.807, 2.05) is 0 Å². The molecule has 0 unspecified atom stereocenters. The fourth-order valence-electron chi connectivity index (χ4n) is 3.25. The highest BCUT2D eigenvalue weighted by Gasteiger charge is 2.22. The molecule has 1 aromatic rings. The van der Waals surface area contributed by atoms with E-state index in [2.05, 4.69) is 18.8 Å². The number of unbranched alkanes of at least 4 members (excludes halogenated alkanes) is 7. The molecule has 0 aliphatic carbocycles. The number of rotatable bonds is 17. The van der Waals surface area contributed by atoms with Crippen molar-refractivity contribution >= 4 is 0 Å². The fourth-order valence-corrected chi connectivity index (χ4v) is 3.25. The molecule has 0 N–H and O–H groups in total. The first-order chi connectivity index (χ1) is 15.2. The number of benzene rings is 1. The molecule has 1 aromatic carbocycles. The minimum absolute atomic E-state index is 0.124. The Labute approximate surface area is 188 Å². The molecule has 0 aromatic heterocycles. The first kappa shape index (κ1) is 26.9. The van der Waals surface area contributed by atoms with Gasteiger partial charge in [0.1, 0.15) is 0 Å². The lowest BCUT2D eigenvalue weighted by Crippen LogP contribution is -2.08. The molecular weight excluding hydrogens is 396 g/mol. The Balaban J connectivity index is 2.70. The average molecular weight is 437 g/mol. The van der Waals surface area contributed by atoms with Crippen LogP contribution in [0.15, 0.2) is 6.07 Å². The highest BCUT2D eigenvalue weighted by Crippen LogP contribution is 2.45. The van der Waals surface area contributed by atoms with E-state index in [-0.39, 0.29) is 13.6 Å². The molecule has 0 saturated heterocycles. The lowest BCUT2D eigenvalue weighted by molar-refractivity contribution is 0.0444. The van der Waals surface area contributed by atoms with Crippen LogP contribution in [0.2, 0.25) is 0 Å². The van der Waals surface area contributed by atoms with Gasteiger partial charge in [-0.15, -0.1) is 11.8 Å². The minimum Gasteiger partial charge on any atom is -0.493 e. The first-order valence-electron chi connectivity index (χ1n) is 11.2. The van der Waals surface area contributed by atoms with E-state index < -0.39 is 0 Å². The zero-order chi connectivity index (χ0) is 22.7. The molecule has 31 heavy (non-hydrogen) atoms. The highest BCUT2D eigenvalue weighted by atomic mass is 16.7. The first-order valence-corrected chi connectivity index (χ1v) is 11.2. The zero-order valence-corrected chi connectivity index (χ0v) is 20.0. The largest absolute Gasteiger partial charge is 0.493 e. The van der Waals surface area contributed by atoms with E-state index in [0.29, 0.717) is 23.0 Å². The summed E-state index contributed by atoms with van der Waals surface area (Å²) in [7, 11) is 6.41. The van der Waals surface area contributed by atoms with E-state index in [9.17, 15) is 0 Å². The van der Waals surface area contributed by atoms with Crippen LogP contribution in [0.4, 0.5) is 0 Å². The molecule has 176 valence electrons. The summed E-state index contributed by atoms with van der Waals surface area (Å²) >= 11 is 0. The summed E-state index contributed by atoms with van der Waals surface area (Å²) in [5, 5.41) is 0. The van der Waals surface area contributed by atoms with Crippen LogP contribution in [-0.4, -0.2) is 42.0 Å². The molecule has 1 rings (SSSR count). The summed E-state index contributed by atoms with van der Waals surface area (Å²) in [5.41, 5.74) is 0.923. The molecule has 0 fully saturated rings. The van der Waals surface area contributed by atoms with Gasteiger partial charge in [-0.2, -0.15) is 0 Å². The van der Waals surface area contributed by atoms with Crippen molar-refractivity contribution < 1.29 is 28.4 Å². The van der Waals surface area contributed by atoms with Crippen molar-refractivity contribution in [3.05, 3.63) is 11.6 Å². The highest BCUT2D eigenvalue weighted by molar-refractivity contribution is 5.61. The predicted octanol–water partition coefficient (Wildman–Crippen LogP) is 5.75. The molecule has 0 bridgehead atoms. The van der Waals surface area contributed by atoms with Crippen LogP contribution in [-0.2, 0) is 15.9 Å². The molecule has 0 aliphatic rings. The Kier molecular flexibility index (Phi) is 15.3. The second-order valence-electron chi connectivity index (χ2n) is 7.24. The minimum atomic E-state index is 0.124.